The summed E-state index contributed by atoms with van der Waals surface area (Å²) in [5.74, 6) is -0.742. The molecule has 1 saturated carbocycles. The lowest BCUT2D eigenvalue weighted by Gasteiger charge is -2.27. The molecule has 0 bridgehead atoms. The largest absolute Gasteiger partial charge is 0.573 e. The summed E-state index contributed by atoms with van der Waals surface area (Å²) in [4.78, 5) is 0. The zero-order chi connectivity index (χ0) is 18.7. The number of allylic oxidation sites excluding steroid dienone is 1. The van der Waals surface area contributed by atoms with E-state index in [1.807, 2.05) is 30.3 Å². The minimum atomic E-state index is -4.91. The first-order chi connectivity index (χ1) is 12.4. The summed E-state index contributed by atoms with van der Waals surface area (Å²) in [6, 6.07) is 11.3. The molecule has 0 N–H and O–H groups in total. The zero-order valence-corrected chi connectivity index (χ0v) is 14.2. The van der Waals surface area contributed by atoms with Crippen molar-refractivity contribution in [3.63, 3.8) is 0 Å². The van der Waals surface area contributed by atoms with Crippen molar-refractivity contribution in [3.05, 3.63) is 66.5 Å². The van der Waals surface area contributed by atoms with E-state index >= 15 is 0 Å². The average Bonchev–Trinajstić information content (AvgIpc) is 2.63. The Morgan fingerprint density at radius 3 is 2.08 bits per heavy atom. The Morgan fingerprint density at radius 2 is 1.54 bits per heavy atom. The third-order valence-corrected chi connectivity index (χ3v) is 4.98. The lowest BCUT2D eigenvalue weighted by molar-refractivity contribution is -0.275. The molecule has 2 aromatic rings. The fraction of sp³-hybridized carbons (Fsp3) is 0.333. The molecule has 1 aliphatic rings. The minimum absolute atomic E-state index is 0.513. The molecule has 1 fully saturated rings. The predicted molar refractivity (Wildman–Crippen MR) is 93.4 cm³/mol. The van der Waals surface area contributed by atoms with Gasteiger partial charge in [-0.25, -0.2) is 4.39 Å². The van der Waals surface area contributed by atoms with E-state index in [1.165, 1.54) is 11.6 Å². The fourth-order valence-electron chi connectivity index (χ4n) is 3.52. The first-order valence-corrected chi connectivity index (χ1v) is 8.64. The van der Waals surface area contributed by atoms with Gasteiger partial charge in [0.25, 0.3) is 0 Å². The summed E-state index contributed by atoms with van der Waals surface area (Å²) >= 11 is 0. The van der Waals surface area contributed by atoms with Gasteiger partial charge in [0.05, 0.1) is 0 Å². The van der Waals surface area contributed by atoms with Gasteiger partial charge in [-0.15, -0.1) is 19.8 Å². The van der Waals surface area contributed by atoms with Crippen molar-refractivity contribution in [2.75, 3.05) is 0 Å². The molecule has 5 heteroatoms. The molecule has 2 aromatic carbocycles. The van der Waals surface area contributed by atoms with Crippen molar-refractivity contribution >= 4 is 0 Å². The van der Waals surface area contributed by atoms with E-state index in [0.717, 1.165) is 43.4 Å². The Bertz CT molecular complexity index is 757. The monoisotopic (exact) mass is 364 g/mol. The van der Waals surface area contributed by atoms with Crippen LogP contribution in [0.4, 0.5) is 17.6 Å². The first-order valence-electron chi connectivity index (χ1n) is 8.64. The molecule has 1 nitrogen and oxygen atoms in total. The van der Waals surface area contributed by atoms with E-state index in [4.69, 9.17) is 0 Å². The summed E-state index contributed by atoms with van der Waals surface area (Å²) in [6.45, 7) is 3.86. The van der Waals surface area contributed by atoms with E-state index in [1.54, 1.807) is 0 Å². The average molecular weight is 364 g/mol. The van der Waals surface area contributed by atoms with Crippen LogP contribution in [-0.2, 0) is 0 Å². The predicted octanol–water partition coefficient (Wildman–Crippen LogP) is 6.85. The molecule has 0 aromatic heterocycles. The lowest BCUT2D eigenvalue weighted by atomic mass is 9.78. The van der Waals surface area contributed by atoms with Crippen LogP contribution in [-0.4, -0.2) is 6.36 Å². The molecule has 3 rings (SSSR count). The molecule has 26 heavy (non-hydrogen) atoms. The Balaban J connectivity index is 1.72. The van der Waals surface area contributed by atoms with E-state index < -0.39 is 17.9 Å². The molecule has 1 aliphatic carbocycles. The quantitative estimate of drug-likeness (QED) is 0.426. The van der Waals surface area contributed by atoms with Crippen LogP contribution in [0.5, 0.6) is 5.75 Å². The van der Waals surface area contributed by atoms with Gasteiger partial charge in [0.2, 0.25) is 0 Å². The third kappa shape index (κ3) is 4.45. The van der Waals surface area contributed by atoms with Crippen molar-refractivity contribution in [2.24, 2.45) is 5.92 Å². The molecule has 0 spiro atoms. The van der Waals surface area contributed by atoms with Crippen molar-refractivity contribution in [1.82, 2.24) is 0 Å². The Labute approximate surface area is 150 Å². The second-order valence-corrected chi connectivity index (χ2v) is 6.66. The summed E-state index contributed by atoms with van der Waals surface area (Å²) < 4.78 is 54.2. The highest BCUT2D eigenvalue weighted by Crippen LogP contribution is 2.37. The summed E-state index contributed by atoms with van der Waals surface area (Å²) in [7, 11) is 0. The van der Waals surface area contributed by atoms with Gasteiger partial charge in [0.1, 0.15) is 0 Å². The van der Waals surface area contributed by atoms with Crippen LogP contribution in [0.25, 0.3) is 11.1 Å². The molecule has 0 aliphatic heterocycles. The number of rotatable bonds is 4. The van der Waals surface area contributed by atoms with E-state index in [-0.39, 0.29) is 0 Å². The van der Waals surface area contributed by atoms with Crippen molar-refractivity contribution in [1.29, 1.82) is 0 Å². The molecule has 138 valence electrons. The van der Waals surface area contributed by atoms with Crippen molar-refractivity contribution < 1.29 is 22.3 Å². The summed E-state index contributed by atoms with van der Waals surface area (Å²) in [5, 5.41) is 0. The van der Waals surface area contributed by atoms with Crippen LogP contribution in [0.3, 0.4) is 0 Å². The van der Waals surface area contributed by atoms with Crippen LogP contribution in [0, 0.1) is 11.7 Å². The first kappa shape index (κ1) is 18.5. The van der Waals surface area contributed by atoms with Crippen LogP contribution >= 0.6 is 0 Å². The van der Waals surface area contributed by atoms with Gasteiger partial charge in [-0.1, -0.05) is 36.4 Å². The van der Waals surface area contributed by atoms with Crippen molar-refractivity contribution in [2.45, 2.75) is 38.0 Å². The highest BCUT2D eigenvalue weighted by molar-refractivity contribution is 5.64. The normalized spacial score (nSPS) is 20.6. The van der Waals surface area contributed by atoms with Gasteiger partial charge in [-0.05, 0) is 66.3 Å². The molecular weight excluding hydrogens is 344 g/mol. The molecule has 0 unspecified atom stereocenters. The number of ether oxygens (including phenoxy) is 1. The molecule has 0 radical (unpaired) electrons. The van der Waals surface area contributed by atoms with E-state index in [0.29, 0.717) is 17.4 Å². The highest BCUT2D eigenvalue weighted by Gasteiger charge is 2.32. The molecular formula is C21H20F4O. The van der Waals surface area contributed by atoms with Crippen LogP contribution < -0.4 is 4.74 Å². The number of hydrogen-bond acceptors (Lipinski definition) is 1. The van der Waals surface area contributed by atoms with Gasteiger partial charge in [-0.2, -0.15) is 0 Å². The van der Waals surface area contributed by atoms with Crippen molar-refractivity contribution in [3.8, 4) is 16.9 Å². The molecule has 0 amide bonds. The van der Waals surface area contributed by atoms with Gasteiger partial charge in [-0.3, -0.25) is 0 Å². The van der Waals surface area contributed by atoms with E-state index in [9.17, 15) is 17.6 Å². The second kappa shape index (κ2) is 7.52. The standard InChI is InChI=1S/C21H20F4O/c1-2-14-3-5-15(6-4-14)16-7-9-17(10-8-16)18-11-12-20(19(22)13-18)26-21(23,24)25/h2,7-15H,1,3-6H2. The molecule has 0 heterocycles. The number of hydrogen-bond donors (Lipinski definition) is 0. The Kier molecular flexibility index (Phi) is 5.35. The maximum absolute atomic E-state index is 13.9. The third-order valence-electron chi connectivity index (χ3n) is 4.98. The minimum Gasteiger partial charge on any atom is -0.403 e. The van der Waals surface area contributed by atoms with Gasteiger partial charge in [0, 0.05) is 0 Å². The van der Waals surface area contributed by atoms with Crippen LogP contribution in [0.2, 0.25) is 0 Å². The maximum Gasteiger partial charge on any atom is 0.573 e. The Morgan fingerprint density at radius 1 is 0.923 bits per heavy atom. The van der Waals surface area contributed by atoms with Crippen LogP contribution in [0.1, 0.15) is 37.2 Å². The van der Waals surface area contributed by atoms with E-state index in [2.05, 4.69) is 11.3 Å². The topological polar surface area (TPSA) is 9.23 Å². The summed E-state index contributed by atoms with van der Waals surface area (Å²) in [6.07, 6.45) is 1.64. The molecule has 0 atom stereocenters. The van der Waals surface area contributed by atoms with Crippen LogP contribution in [0.15, 0.2) is 55.1 Å². The lowest BCUT2D eigenvalue weighted by Crippen LogP contribution is -2.17. The molecule has 0 saturated heterocycles. The fourth-order valence-corrected chi connectivity index (χ4v) is 3.52. The number of alkyl halides is 3. The summed E-state index contributed by atoms with van der Waals surface area (Å²) in [5.41, 5.74) is 2.51. The number of benzene rings is 2. The van der Waals surface area contributed by atoms with Gasteiger partial charge < -0.3 is 4.74 Å². The maximum atomic E-state index is 13.9. The van der Waals surface area contributed by atoms with Gasteiger partial charge in [0.15, 0.2) is 11.6 Å². The zero-order valence-electron chi connectivity index (χ0n) is 14.2. The smallest absolute Gasteiger partial charge is 0.403 e. The SMILES string of the molecule is C=CC1CCC(c2ccc(-c3ccc(OC(F)(F)F)c(F)c3)cc2)CC1. The highest BCUT2D eigenvalue weighted by atomic mass is 19.4. The van der Waals surface area contributed by atoms with Gasteiger partial charge >= 0.3 is 6.36 Å². The Hall–Kier alpha value is -2.30. The number of halogens is 4. The second-order valence-electron chi connectivity index (χ2n) is 6.66.